The molecule has 566 valence electrons. The van der Waals surface area contributed by atoms with Crippen LogP contribution in [-0.4, -0.2) is 297 Å². The minimum Gasteiger partial charge on any atom is -0.494 e. The van der Waals surface area contributed by atoms with Crippen LogP contribution < -0.4 is 4.74 Å². The summed E-state index contributed by atoms with van der Waals surface area (Å²) in [5.74, 6) is -1.98. The summed E-state index contributed by atoms with van der Waals surface area (Å²) >= 11 is 0. The molecule has 1 aromatic rings. The summed E-state index contributed by atoms with van der Waals surface area (Å²) in [6.07, 6.45) is 8.11. The number of ether oxygens (including phenoxy) is 9. The van der Waals surface area contributed by atoms with Crippen molar-refractivity contribution in [3.05, 3.63) is 48.6 Å². The van der Waals surface area contributed by atoms with Gasteiger partial charge in [-0.25, -0.2) is 0 Å². The highest BCUT2D eigenvalue weighted by Crippen LogP contribution is 2.20. The first-order valence-corrected chi connectivity index (χ1v) is 35.2. The molecule has 2 aliphatic heterocycles. The Morgan fingerprint density at radius 3 is 0.828 bits per heavy atom. The average molecular weight is 1400 g/mol. The maximum absolute atomic E-state index is 13.4. The van der Waals surface area contributed by atoms with Crippen LogP contribution in [0.25, 0.3) is 6.08 Å². The zero-order chi connectivity index (χ0) is 75.0. The SMILES string of the molecule is C=CCC[C@@H](C(=O)OC)N1CCN(CC(=O)OC(C)(C)C)CCN(CC(=O)OC(C)(C)C)CCN(CC(=O)OC(C)(C)C)CC1.CCOc1ccc(/C=C/CC[C@@H](C(=O)OC)N2CCN(CC(=O)OC(C)(C)C)CCN(CC(=O)OC(C)(C)C)CCN(CC(=O)OC(C)(C)C)CC2)cc1. The van der Waals surface area contributed by atoms with Crippen LogP contribution in [0.3, 0.4) is 0 Å². The molecule has 2 aliphatic rings. The molecule has 0 amide bonds. The molecular formula is C74H128N8O17. The molecule has 99 heavy (non-hydrogen) atoms. The molecule has 2 atom stereocenters. The number of benzene rings is 1. The van der Waals surface area contributed by atoms with Gasteiger partial charge in [-0.2, -0.15) is 0 Å². The zero-order valence-corrected chi connectivity index (χ0v) is 64.5. The van der Waals surface area contributed by atoms with E-state index in [9.17, 15) is 38.4 Å². The predicted molar refractivity (Wildman–Crippen MR) is 384 cm³/mol. The van der Waals surface area contributed by atoms with Crippen molar-refractivity contribution in [1.29, 1.82) is 0 Å². The van der Waals surface area contributed by atoms with Gasteiger partial charge in [-0.15, -0.1) is 6.58 Å². The predicted octanol–water partition coefficient (Wildman–Crippen LogP) is 7.41. The van der Waals surface area contributed by atoms with Crippen LogP contribution in [0.5, 0.6) is 5.75 Å². The lowest BCUT2D eigenvalue weighted by Gasteiger charge is -2.36. The Morgan fingerprint density at radius 2 is 0.616 bits per heavy atom. The summed E-state index contributed by atoms with van der Waals surface area (Å²) in [5.41, 5.74) is -2.79. The van der Waals surface area contributed by atoms with Gasteiger partial charge in [0.25, 0.3) is 0 Å². The third-order valence-corrected chi connectivity index (χ3v) is 15.0. The summed E-state index contributed by atoms with van der Waals surface area (Å²) in [5, 5.41) is 0. The molecule has 25 nitrogen and oxygen atoms in total. The van der Waals surface area contributed by atoms with Gasteiger partial charge in [0.1, 0.15) is 51.4 Å². The molecule has 0 aliphatic carbocycles. The highest BCUT2D eigenvalue weighted by atomic mass is 16.6. The second-order valence-electron chi connectivity index (χ2n) is 31.2. The minimum atomic E-state index is -0.648. The third-order valence-electron chi connectivity index (χ3n) is 15.0. The van der Waals surface area contributed by atoms with Gasteiger partial charge in [0.05, 0.1) is 60.1 Å². The first-order valence-electron chi connectivity index (χ1n) is 35.2. The quantitative estimate of drug-likeness (QED) is 0.0525. The van der Waals surface area contributed by atoms with Gasteiger partial charge in [-0.1, -0.05) is 30.4 Å². The zero-order valence-electron chi connectivity index (χ0n) is 64.5. The molecule has 0 radical (unpaired) electrons. The Kier molecular flexibility index (Phi) is 38.7. The number of allylic oxidation sites excluding steroid dienone is 2. The number of esters is 8. The maximum atomic E-state index is 13.4. The van der Waals surface area contributed by atoms with Crippen LogP contribution in [0.4, 0.5) is 0 Å². The number of rotatable bonds is 25. The van der Waals surface area contributed by atoms with E-state index in [1.54, 1.807) is 6.08 Å². The van der Waals surface area contributed by atoms with Crippen molar-refractivity contribution >= 4 is 53.8 Å². The Balaban J connectivity index is 0.000000685. The van der Waals surface area contributed by atoms with Crippen molar-refractivity contribution < 1.29 is 81.0 Å². The highest BCUT2D eigenvalue weighted by molar-refractivity contribution is 5.77. The normalized spacial score (nSPS) is 17.7. The molecular weight excluding hydrogens is 1270 g/mol. The molecule has 0 N–H and O–H groups in total. The average Bonchev–Trinajstić information content (AvgIpc) is 0.887. The van der Waals surface area contributed by atoms with Crippen molar-refractivity contribution in [2.75, 3.05) is 165 Å². The molecule has 2 saturated heterocycles. The van der Waals surface area contributed by atoms with E-state index in [0.717, 1.165) is 11.3 Å². The summed E-state index contributed by atoms with van der Waals surface area (Å²) in [4.78, 5) is 120. The van der Waals surface area contributed by atoms with Gasteiger partial charge in [-0.05, 0) is 175 Å². The monoisotopic (exact) mass is 1400 g/mol. The number of methoxy groups -OCH3 is 2. The Hall–Kier alpha value is -6.06. The van der Waals surface area contributed by atoms with E-state index in [1.165, 1.54) is 14.2 Å². The van der Waals surface area contributed by atoms with Crippen molar-refractivity contribution in [3.63, 3.8) is 0 Å². The van der Waals surface area contributed by atoms with Crippen molar-refractivity contribution in [3.8, 4) is 5.75 Å². The highest BCUT2D eigenvalue weighted by Gasteiger charge is 2.33. The largest absolute Gasteiger partial charge is 0.494 e. The van der Waals surface area contributed by atoms with E-state index in [-0.39, 0.29) is 87.0 Å². The van der Waals surface area contributed by atoms with E-state index in [0.29, 0.717) is 137 Å². The van der Waals surface area contributed by atoms with E-state index in [1.807, 2.05) is 197 Å². The summed E-state index contributed by atoms with van der Waals surface area (Å²) in [6, 6.07) is 6.75. The Bertz CT molecular complexity index is 2580. The van der Waals surface area contributed by atoms with Gasteiger partial charge in [0.15, 0.2) is 0 Å². The van der Waals surface area contributed by atoms with Crippen molar-refractivity contribution in [1.82, 2.24) is 39.2 Å². The van der Waals surface area contributed by atoms with Crippen LogP contribution in [0, 0.1) is 0 Å². The van der Waals surface area contributed by atoms with Gasteiger partial charge < -0.3 is 42.6 Å². The van der Waals surface area contributed by atoms with Crippen LogP contribution in [0.1, 0.15) is 163 Å². The van der Waals surface area contributed by atoms with E-state index >= 15 is 0 Å². The summed E-state index contributed by atoms with van der Waals surface area (Å²) < 4.78 is 49.9. The third kappa shape index (κ3) is 42.7. The summed E-state index contributed by atoms with van der Waals surface area (Å²) in [7, 11) is 2.77. The van der Waals surface area contributed by atoms with E-state index < -0.39 is 45.7 Å². The number of hydrogen-bond acceptors (Lipinski definition) is 25. The minimum absolute atomic E-state index is 0.0455. The molecule has 0 saturated carbocycles. The van der Waals surface area contributed by atoms with Crippen molar-refractivity contribution in [2.24, 2.45) is 0 Å². The first-order chi connectivity index (χ1) is 45.9. The van der Waals surface area contributed by atoms with E-state index in [2.05, 4.69) is 16.4 Å². The molecule has 0 unspecified atom stereocenters. The first kappa shape index (κ1) is 89.0. The fraction of sp³-hybridized carbons (Fsp3) is 0.757. The lowest BCUT2D eigenvalue weighted by Crippen LogP contribution is -2.52. The van der Waals surface area contributed by atoms with Crippen LogP contribution in [0.15, 0.2) is 43.0 Å². The van der Waals surface area contributed by atoms with Crippen LogP contribution in [-0.2, 0) is 76.3 Å². The molecule has 0 aromatic heterocycles. The molecule has 0 bridgehead atoms. The fourth-order valence-electron chi connectivity index (χ4n) is 10.8. The number of hydrogen-bond donors (Lipinski definition) is 0. The lowest BCUT2D eigenvalue weighted by atomic mass is 10.1. The van der Waals surface area contributed by atoms with E-state index in [4.69, 9.17) is 42.6 Å². The van der Waals surface area contributed by atoms with Gasteiger partial charge in [0, 0.05) is 105 Å². The number of nitrogens with zero attached hydrogens (tertiary/aromatic N) is 8. The van der Waals surface area contributed by atoms with Gasteiger partial charge in [-0.3, -0.25) is 77.6 Å². The molecule has 1 aromatic carbocycles. The smallest absolute Gasteiger partial charge is 0.323 e. The maximum Gasteiger partial charge on any atom is 0.323 e. The van der Waals surface area contributed by atoms with Crippen molar-refractivity contribution in [2.45, 2.75) is 203 Å². The molecule has 2 fully saturated rings. The lowest BCUT2D eigenvalue weighted by molar-refractivity contribution is -0.159. The Morgan fingerprint density at radius 1 is 0.384 bits per heavy atom. The molecule has 3 rings (SSSR count). The second kappa shape index (κ2) is 43.0. The molecule has 2 heterocycles. The second-order valence-corrected chi connectivity index (χ2v) is 31.2. The van der Waals surface area contributed by atoms with Crippen LogP contribution in [0.2, 0.25) is 0 Å². The fourth-order valence-corrected chi connectivity index (χ4v) is 10.8. The van der Waals surface area contributed by atoms with Gasteiger partial charge in [0.2, 0.25) is 0 Å². The Labute approximate surface area is 593 Å². The summed E-state index contributed by atoms with van der Waals surface area (Å²) in [6.45, 7) is 47.0. The topological polar surface area (TPSA) is 246 Å². The molecule has 25 heteroatoms. The standard InChI is InChI=1S/C41H68N4O9.C33H60N4O8/c1-12-51-33-19-17-32(18-20-33)15-13-14-16-34(38(49)50-11)45-27-25-43(30-36(47)53-40(5,6)7)23-21-42(29-35(46)52-39(2,3)4)22-24-44(26-28-45)31-37(48)54-41(8,9)10;1-12-13-14-26(30(41)42-11)37-21-19-35(24-28(39)44-32(5,6)7)17-15-34(23-27(38)43-31(2,3)4)16-18-36(20-22-37)25-29(40)45-33(8,9)10/h13,15,17-20,34H,12,14,16,21-31H2,1-11H3;12,26H,1,13-25H2,2-11H3/b15-13+;/t34-;26-/m00/s1. The van der Waals surface area contributed by atoms with Crippen LogP contribution >= 0.6 is 0 Å². The molecule has 0 spiro atoms. The number of carbonyl (C=O) groups is 8. The van der Waals surface area contributed by atoms with Gasteiger partial charge >= 0.3 is 47.8 Å². The number of carbonyl (C=O) groups excluding carboxylic acids is 8.